The Morgan fingerprint density at radius 3 is 1.76 bits per heavy atom. The number of anilines is 1. The van der Waals surface area contributed by atoms with Gasteiger partial charge in [0.1, 0.15) is 22.8 Å². The Kier molecular flexibility index (Phi) is 18.3. The summed E-state index contributed by atoms with van der Waals surface area (Å²) in [4.78, 5) is 7.35. The lowest BCUT2D eigenvalue weighted by Gasteiger charge is -2.27. The van der Waals surface area contributed by atoms with E-state index in [-0.39, 0.29) is 0 Å². The summed E-state index contributed by atoms with van der Waals surface area (Å²) in [7, 11) is 1.63. The van der Waals surface area contributed by atoms with Gasteiger partial charge in [0.05, 0.1) is 63.7 Å². The van der Waals surface area contributed by atoms with Gasteiger partial charge in [0.25, 0.3) is 0 Å². The van der Waals surface area contributed by atoms with Crippen LogP contribution in [0.5, 0.6) is 5.75 Å². The number of thiophene rings is 1. The molecule has 0 saturated heterocycles. The summed E-state index contributed by atoms with van der Waals surface area (Å²) in [5, 5.41) is 28.1. The van der Waals surface area contributed by atoms with Crippen molar-refractivity contribution in [1.29, 1.82) is 10.5 Å². The molecule has 248 valence electrons. The lowest BCUT2D eigenvalue weighted by Crippen LogP contribution is -2.33. The Morgan fingerprint density at radius 1 is 0.733 bits per heavy atom. The van der Waals surface area contributed by atoms with Gasteiger partial charge in [-0.1, -0.05) is 27.7 Å². The molecule has 0 unspecified atom stereocenters. The maximum Gasteiger partial charge on any atom is 0.158 e. The van der Waals surface area contributed by atoms with Gasteiger partial charge in [-0.25, -0.2) is 0 Å². The summed E-state index contributed by atoms with van der Waals surface area (Å²) >= 11 is 1.17. The lowest BCUT2D eigenvalue weighted by molar-refractivity contribution is 0.0413. The molecule has 0 saturated carbocycles. The van der Waals surface area contributed by atoms with Crippen LogP contribution >= 0.6 is 11.3 Å². The van der Waals surface area contributed by atoms with Gasteiger partial charge in [-0.05, 0) is 57.2 Å². The largest absolute Gasteiger partial charge is 0.495 e. The van der Waals surface area contributed by atoms with Crippen molar-refractivity contribution in [2.24, 2.45) is 10.2 Å². The average molecular weight is 642 g/mol. The molecule has 0 radical (unpaired) electrons. The van der Waals surface area contributed by atoms with E-state index in [1.807, 2.05) is 19.1 Å². The van der Waals surface area contributed by atoms with Crippen molar-refractivity contribution in [2.45, 2.75) is 41.5 Å². The van der Waals surface area contributed by atoms with Gasteiger partial charge in [-0.3, -0.25) is 0 Å². The van der Waals surface area contributed by atoms with E-state index in [1.165, 1.54) is 11.3 Å². The number of azo groups is 1. The van der Waals surface area contributed by atoms with Gasteiger partial charge in [-0.15, -0.1) is 21.6 Å². The number of rotatable bonds is 23. The number of nitriles is 2. The Hall–Kier alpha value is -3.10. The number of benzene rings is 1. The van der Waals surface area contributed by atoms with E-state index in [2.05, 4.69) is 64.8 Å². The van der Waals surface area contributed by atoms with Gasteiger partial charge < -0.3 is 33.6 Å². The summed E-state index contributed by atoms with van der Waals surface area (Å²) in [6, 6.07) is 8.15. The molecule has 1 aromatic heterocycles. The lowest BCUT2D eigenvalue weighted by atomic mass is 10.1. The van der Waals surface area contributed by atoms with Crippen LogP contribution in [0.4, 0.5) is 16.4 Å². The Bertz CT molecular complexity index is 1260. The van der Waals surface area contributed by atoms with Crippen LogP contribution in [0.3, 0.4) is 0 Å². The minimum absolute atomic E-state index is 0.378. The highest BCUT2D eigenvalue weighted by Crippen LogP contribution is 2.38. The fourth-order valence-corrected chi connectivity index (χ4v) is 5.56. The molecule has 12 heteroatoms. The highest BCUT2D eigenvalue weighted by Gasteiger charge is 2.17. The molecule has 0 fully saturated rings. The van der Waals surface area contributed by atoms with Crippen LogP contribution in [0, 0.1) is 36.5 Å². The Morgan fingerprint density at radius 2 is 1.27 bits per heavy atom. The standard InChI is InChI=1S/C33H51N7O4S/c1-8-38(9-2)12-16-42-18-14-40(15-19-44-21-20-43-17-13-39(10-3)11-4)30-22-26(5)29(23-31(30)41-7)36-37-33-28(24-34)27(6)32(25-35)45-33/h22-23H,8-21H2,1-7H3/b37-36+. The predicted molar refractivity (Wildman–Crippen MR) is 181 cm³/mol. The van der Waals surface area contributed by atoms with Crippen LogP contribution in [0.15, 0.2) is 22.4 Å². The Balaban J connectivity index is 2.12. The first-order valence-electron chi connectivity index (χ1n) is 15.8. The van der Waals surface area contributed by atoms with E-state index in [4.69, 9.17) is 18.9 Å². The van der Waals surface area contributed by atoms with Crippen LogP contribution in [0.25, 0.3) is 0 Å². The van der Waals surface area contributed by atoms with Crippen LogP contribution in [-0.4, -0.2) is 109 Å². The maximum atomic E-state index is 9.57. The van der Waals surface area contributed by atoms with Crippen molar-refractivity contribution in [3.05, 3.63) is 33.7 Å². The Labute approximate surface area is 273 Å². The minimum Gasteiger partial charge on any atom is -0.495 e. The predicted octanol–water partition coefficient (Wildman–Crippen LogP) is 6.07. The number of likely N-dealkylation sites (N-methyl/N-ethyl adjacent to an activating group) is 2. The normalized spacial score (nSPS) is 11.4. The summed E-state index contributed by atoms with van der Waals surface area (Å²) in [5.74, 6) is 0.651. The summed E-state index contributed by atoms with van der Waals surface area (Å²) in [5.41, 5.74) is 3.45. The van der Waals surface area contributed by atoms with Crippen molar-refractivity contribution in [1.82, 2.24) is 9.80 Å². The van der Waals surface area contributed by atoms with Gasteiger partial charge in [0, 0.05) is 32.2 Å². The zero-order valence-corrected chi connectivity index (χ0v) is 29.0. The number of nitrogens with zero attached hydrogens (tertiary/aromatic N) is 7. The number of ether oxygens (including phenoxy) is 4. The maximum absolute atomic E-state index is 9.57. The van der Waals surface area contributed by atoms with Crippen molar-refractivity contribution in [3.63, 3.8) is 0 Å². The summed E-state index contributed by atoms with van der Waals surface area (Å²) in [6.07, 6.45) is 0. The first kappa shape index (κ1) is 38.1. The molecule has 0 aliphatic carbocycles. The quantitative estimate of drug-likeness (QED) is 0.105. The third kappa shape index (κ3) is 12.3. The fourth-order valence-electron chi connectivity index (χ4n) is 4.68. The number of methoxy groups -OCH3 is 1. The molecule has 1 heterocycles. The van der Waals surface area contributed by atoms with Crippen molar-refractivity contribution >= 4 is 27.7 Å². The molecular formula is C33H51N7O4S. The van der Waals surface area contributed by atoms with E-state index in [0.29, 0.717) is 85.2 Å². The molecule has 2 aromatic rings. The molecule has 11 nitrogen and oxygen atoms in total. The molecule has 0 aliphatic heterocycles. The molecule has 0 spiro atoms. The molecule has 0 aliphatic rings. The first-order valence-corrected chi connectivity index (χ1v) is 16.7. The van der Waals surface area contributed by atoms with Crippen LogP contribution in [-0.2, 0) is 14.2 Å². The SMILES string of the molecule is CCN(CC)CCOCCOCCN(CCOCCN(CC)CC)c1cc(C)c(/N=N/c2sc(C#N)c(C)c2C#N)cc1OC. The van der Waals surface area contributed by atoms with E-state index in [9.17, 15) is 10.5 Å². The smallest absolute Gasteiger partial charge is 0.158 e. The zero-order chi connectivity index (χ0) is 33.0. The third-order valence-corrected chi connectivity index (χ3v) is 8.78. The van der Waals surface area contributed by atoms with E-state index in [1.54, 1.807) is 14.0 Å². The second kappa shape index (κ2) is 21.6. The first-order chi connectivity index (χ1) is 21.9. The van der Waals surface area contributed by atoms with Crippen molar-refractivity contribution in [2.75, 3.05) is 104 Å². The second-order valence-corrected chi connectivity index (χ2v) is 11.3. The highest BCUT2D eigenvalue weighted by atomic mass is 32.1. The number of aryl methyl sites for hydroxylation is 1. The fraction of sp³-hybridized carbons (Fsp3) is 0.636. The highest BCUT2D eigenvalue weighted by molar-refractivity contribution is 7.16. The molecule has 45 heavy (non-hydrogen) atoms. The molecule has 2 rings (SSSR count). The molecule has 0 amide bonds. The van der Waals surface area contributed by atoms with E-state index < -0.39 is 0 Å². The van der Waals surface area contributed by atoms with Crippen LogP contribution < -0.4 is 9.64 Å². The van der Waals surface area contributed by atoms with Crippen molar-refractivity contribution < 1.29 is 18.9 Å². The summed E-state index contributed by atoms with van der Waals surface area (Å²) in [6.45, 7) is 23.1. The van der Waals surface area contributed by atoms with Gasteiger partial charge >= 0.3 is 0 Å². The van der Waals surface area contributed by atoms with Gasteiger partial charge in [-0.2, -0.15) is 10.5 Å². The van der Waals surface area contributed by atoms with Crippen LogP contribution in [0.1, 0.15) is 49.3 Å². The topological polar surface area (TPSA) is 119 Å². The minimum atomic E-state index is 0.378. The zero-order valence-electron chi connectivity index (χ0n) is 28.2. The van der Waals surface area contributed by atoms with Gasteiger partial charge in [0.2, 0.25) is 0 Å². The van der Waals surface area contributed by atoms with Crippen molar-refractivity contribution in [3.8, 4) is 17.9 Å². The number of hydrogen-bond acceptors (Lipinski definition) is 12. The average Bonchev–Trinajstić information content (AvgIpc) is 3.37. The molecule has 0 bridgehead atoms. The molecule has 1 aromatic carbocycles. The van der Waals surface area contributed by atoms with Crippen LogP contribution in [0.2, 0.25) is 0 Å². The molecule has 0 atom stereocenters. The molecule has 0 N–H and O–H groups in total. The third-order valence-electron chi connectivity index (χ3n) is 7.70. The summed E-state index contributed by atoms with van der Waals surface area (Å²) < 4.78 is 23.5. The van der Waals surface area contributed by atoms with E-state index in [0.717, 1.165) is 50.5 Å². The monoisotopic (exact) mass is 641 g/mol. The van der Waals surface area contributed by atoms with E-state index >= 15 is 0 Å². The second-order valence-electron chi connectivity index (χ2n) is 10.3. The number of hydrogen-bond donors (Lipinski definition) is 0. The molecular weight excluding hydrogens is 590 g/mol. The van der Waals surface area contributed by atoms with Gasteiger partial charge in [0.15, 0.2) is 5.00 Å².